The van der Waals surface area contributed by atoms with Gasteiger partial charge in [0.25, 0.3) is 0 Å². The highest BCUT2D eigenvalue weighted by Gasteiger charge is 2.19. The van der Waals surface area contributed by atoms with Crippen LogP contribution in [0.2, 0.25) is 0 Å². The number of aromatic nitrogens is 5. The van der Waals surface area contributed by atoms with Crippen LogP contribution in [-0.4, -0.2) is 31.5 Å². The minimum absolute atomic E-state index is 0.0919. The molecule has 4 rings (SSSR count). The molecule has 3 N–H and O–H groups in total. The third-order valence-corrected chi connectivity index (χ3v) is 4.87. The number of nitrogens with one attached hydrogen (secondary N) is 1. The number of H-pyrrole nitrogens is 1. The van der Waals surface area contributed by atoms with Crippen LogP contribution in [0.3, 0.4) is 0 Å². The number of halogens is 1. The minimum atomic E-state index is -0.448. The van der Waals surface area contributed by atoms with Crippen LogP contribution in [0.15, 0.2) is 67.0 Å². The quantitative estimate of drug-likeness (QED) is 0.493. The average molecular weight is 402 g/mol. The van der Waals surface area contributed by atoms with Crippen molar-refractivity contribution in [2.24, 2.45) is 5.73 Å². The molecule has 30 heavy (non-hydrogen) atoms. The molecule has 8 heteroatoms. The van der Waals surface area contributed by atoms with Crippen molar-refractivity contribution in [3.05, 3.63) is 83.9 Å². The van der Waals surface area contributed by atoms with Gasteiger partial charge in [0.15, 0.2) is 0 Å². The third kappa shape index (κ3) is 4.54. The predicted octanol–water partition coefficient (Wildman–Crippen LogP) is 3.27. The fraction of sp³-hybridized carbons (Fsp3) is 0.136. The van der Waals surface area contributed by atoms with Gasteiger partial charge in [0, 0.05) is 24.4 Å². The lowest BCUT2D eigenvalue weighted by molar-refractivity contribution is -0.118. The van der Waals surface area contributed by atoms with E-state index in [4.69, 9.17) is 5.73 Å². The second-order valence-electron chi connectivity index (χ2n) is 7.02. The summed E-state index contributed by atoms with van der Waals surface area (Å²) in [6.45, 7) is 0. The Hall–Kier alpha value is -3.94. The van der Waals surface area contributed by atoms with E-state index in [0.717, 1.165) is 16.7 Å². The van der Waals surface area contributed by atoms with E-state index in [-0.39, 0.29) is 18.2 Å². The lowest BCUT2D eigenvalue weighted by Crippen LogP contribution is -2.17. The molecule has 0 saturated heterocycles. The summed E-state index contributed by atoms with van der Waals surface area (Å²) in [7, 11) is 0. The van der Waals surface area contributed by atoms with Gasteiger partial charge in [0.05, 0.1) is 0 Å². The molecule has 0 spiro atoms. The lowest BCUT2D eigenvalue weighted by Gasteiger charge is -2.17. The van der Waals surface area contributed by atoms with E-state index in [1.54, 1.807) is 18.5 Å². The molecule has 0 aliphatic heterocycles. The molecule has 150 valence electrons. The minimum Gasteiger partial charge on any atom is -0.370 e. The molecule has 2 aromatic heterocycles. The van der Waals surface area contributed by atoms with Crippen molar-refractivity contribution in [1.82, 2.24) is 25.6 Å². The highest BCUT2D eigenvalue weighted by Crippen LogP contribution is 2.30. The molecule has 7 nitrogen and oxygen atoms in total. The Bertz CT molecular complexity index is 1150. The molecular formula is C22H19FN6O. The van der Waals surface area contributed by atoms with Crippen molar-refractivity contribution in [1.29, 1.82) is 0 Å². The van der Waals surface area contributed by atoms with E-state index in [0.29, 0.717) is 17.5 Å². The smallest absolute Gasteiger partial charge is 0.218 e. The summed E-state index contributed by atoms with van der Waals surface area (Å²) < 4.78 is 14.3. The Balaban J connectivity index is 1.67. The molecule has 1 amide bonds. The molecule has 1 unspecified atom stereocenters. The Kier molecular flexibility index (Phi) is 5.56. The Morgan fingerprint density at radius 2 is 1.87 bits per heavy atom. The van der Waals surface area contributed by atoms with Gasteiger partial charge in [-0.05, 0) is 70.1 Å². The van der Waals surface area contributed by atoms with Crippen LogP contribution in [0, 0.1) is 5.82 Å². The zero-order valence-electron chi connectivity index (χ0n) is 16.0. The zero-order valence-corrected chi connectivity index (χ0v) is 16.0. The van der Waals surface area contributed by atoms with Crippen molar-refractivity contribution in [2.75, 3.05) is 0 Å². The van der Waals surface area contributed by atoms with E-state index in [9.17, 15) is 9.18 Å². The molecule has 2 heterocycles. The molecule has 0 saturated carbocycles. The van der Waals surface area contributed by atoms with Crippen molar-refractivity contribution in [3.63, 3.8) is 0 Å². The maximum absolute atomic E-state index is 14.3. The number of nitrogens with zero attached hydrogens (tertiary/aromatic N) is 4. The second-order valence-corrected chi connectivity index (χ2v) is 7.02. The first-order valence-electron chi connectivity index (χ1n) is 9.40. The highest BCUT2D eigenvalue weighted by molar-refractivity contribution is 5.75. The predicted molar refractivity (Wildman–Crippen MR) is 110 cm³/mol. The third-order valence-electron chi connectivity index (χ3n) is 4.87. The number of carbonyl (C=O) groups excluding carboxylic acids is 1. The molecular weight excluding hydrogens is 383 g/mol. The summed E-state index contributed by atoms with van der Waals surface area (Å²) in [6, 6.07) is 16.4. The van der Waals surface area contributed by atoms with Crippen molar-refractivity contribution in [2.45, 2.75) is 18.8 Å². The van der Waals surface area contributed by atoms with Crippen LogP contribution in [0.25, 0.3) is 22.5 Å². The van der Waals surface area contributed by atoms with Gasteiger partial charge < -0.3 is 5.73 Å². The number of nitrogens with two attached hydrogens (primary N) is 1. The Morgan fingerprint density at radius 3 is 2.60 bits per heavy atom. The first kappa shape index (κ1) is 19.4. The van der Waals surface area contributed by atoms with Gasteiger partial charge in [-0.3, -0.25) is 9.78 Å². The number of pyridine rings is 1. The number of rotatable bonds is 7. The van der Waals surface area contributed by atoms with Gasteiger partial charge in [-0.2, -0.15) is 5.21 Å². The number of primary amides is 1. The lowest BCUT2D eigenvalue weighted by atomic mass is 9.87. The summed E-state index contributed by atoms with van der Waals surface area (Å²) in [5, 5.41) is 13.7. The summed E-state index contributed by atoms with van der Waals surface area (Å²) in [5.41, 5.74) is 9.74. The van der Waals surface area contributed by atoms with Crippen LogP contribution in [0.4, 0.5) is 4.39 Å². The van der Waals surface area contributed by atoms with Gasteiger partial charge >= 0.3 is 0 Å². The molecule has 0 radical (unpaired) electrons. The van der Waals surface area contributed by atoms with Gasteiger partial charge in [0.2, 0.25) is 11.7 Å². The average Bonchev–Trinajstić information content (AvgIpc) is 3.28. The largest absolute Gasteiger partial charge is 0.370 e. The van der Waals surface area contributed by atoms with Crippen molar-refractivity contribution < 1.29 is 9.18 Å². The van der Waals surface area contributed by atoms with Crippen LogP contribution in [0.5, 0.6) is 0 Å². The molecule has 2 aromatic carbocycles. The number of carbonyl (C=O) groups is 1. The summed E-state index contributed by atoms with van der Waals surface area (Å²) in [4.78, 5) is 15.8. The van der Waals surface area contributed by atoms with E-state index < -0.39 is 11.7 Å². The van der Waals surface area contributed by atoms with Crippen molar-refractivity contribution in [3.8, 4) is 22.5 Å². The molecule has 0 bridgehead atoms. The first-order chi connectivity index (χ1) is 14.6. The van der Waals surface area contributed by atoms with Gasteiger partial charge in [-0.15, -0.1) is 10.2 Å². The van der Waals surface area contributed by atoms with Crippen LogP contribution < -0.4 is 5.73 Å². The van der Waals surface area contributed by atoms with Crippen LogP contribution in [-0.2, 0) is 11.2 Å². The number of benzene rings is 2. The fourth-order valence-electron chi connectivity index (χ4n) is 3.52. The van der Waals surface area contributed by atoms with E-state index in [1.807, 2.05) is 30.3 Å². The summed E-state index contributed by atoms with van der Waals surface area (Å²) >= 11 is 0. The topological polar surface area (TPSA) is 110 Å². The number of amides is 1. The maximum Gasteiger partial charge on any atom is 0.218 e. The monoisotopic (exact) mass is 402 g/mol. The Labute approximate surface area is 172 Å². The number of hydrogen-bond acceptors (Lipinski definition) is 5. The highest BCUT2D eigenvalue weighted by atomic mass is 19.1. The molecule has 0 aliphatic carbocycles. The zero-order chi connectivity index (χ0) is 20.9. The second kappa shape index (κ2) is 8.60. The molecule has 1 atom stereocenters. The number of aromatic amines is 1. The van der Waals surface area contributed by atoms with Crippen LogP contribution in [0.1, 0.15) is 23.5 Å². The van der Waals surface area contributed by atoms with E-state index in [2.05, 4.69) is 31.7 Å². The van der Waals surface area contributed by atoms with Gasteiger partial charge in [-0.25, -0.2) is 4.39 Å². The molecule has 4 aromatic rings. The summed E-state index contributed by atoms with van der Waals surface area (Å²) in [6.07, 6.45) is 4.10. The van der Waals surface area contributed by atoms with Gasteiger partial charge in [0.1, 0.15) is 5.82 Å². The Morgan fingerprint density at radius 1 is 1.03 bits per heavy atom. The molecule has 0 aliphatic rings. The summed E-state index contributed by atoms with van der Waals surface area (Å²) in [5.74, 6) is -0.896. The normalized spacial score (nSPS) is 11.9. The van der Waals surface area contributed by atoms with Gasteiger partial charge in [-0.1, -0.05) is 24.3 Å². The SMILES string of the molecule is NC(=O)CC(Cc1cccc(-c2ccncc2)c1)c1cc(F)cc(-c2nn[nH]n2)c1. The molecule has 0 fully saturated rings. The van der Waals surface area contributed by atoms with E-state index >= 15 is 0 Å². The standard InChI is InChI=1S/C22H19FN6O/c23-20-11-18(10-19(12-20)22-26-28-29-27-22)17(13-21(24)30)9-14-2-1-3-16(8-14)15-4-6-25-7-5-15/h1-8,10-12,17H,9,13H2,(H2,24,30)(H,26,27,28,29). The number of tetrazole rings is 1. The van der Waals surface area contributed by atoms with E-state index in [1.165, 1.54) is 12.1 Å². The fourth-order valence-corrected chi connectivity index (χ4v) is 3.52. The van der Waals surface area contributed by atoms with Crippen molar-refractivity contribution >= 4 is 5.91 Å². The number of hydrogen-bond donors (Lipinski definition) is 2. The van der Waals surface area contributed by atoms with Crippen LogP contribution >= 0.6 is 0 Å². The maximum atomic E-state index is 14.3. The first-order valence-corrected chi connectivity index (χ1v) is 9.40.